The molecule has 37 heavy (non-hydrogen) atoms. The van der Waals surface area contributed by atoms with E-state index in [1.807, 2.05) is 30.0 Å². The highest BCUT2D eigenvalue weighted by Gasteiger charge is 2.30. The number of likely N-dealkylation sites (N-methyl/N-ethyl adjacent to an activating group) is 1. The minimum atomic E-state index is -0.568. The number of urea groups is 1. The van der Waals surface area contributed by atoms with Crippen LogP contribution < -0.4 is 5.32 Å². The van der Waals surface area contributed by atoms with Crippen LogP contribution in [0.15, 0.2) is 47.4 Å². The molecule has 1 aromatic carbocycles. The largest absolute Gasteiger partial charge is 0.338 e. The number of rotatable bonds is 9. The molecule has 1 fully saturated rings. The first-order valence-corrected chi connectivity index (χ1v) is 14.4. The lowest BCUT2D eigenvalue weighted by atomic mass is 9.97. The Morgan fingerprint density at radius 3 is 2.59 bits per heavy atom. The monoisotopic (exact) mass is 522 g/mol. The molecular weight excluding hydrogens is 484 g/mol. The first kappa shape index (κ1) is 27.0. The van der Waals surface area contributed by atoms with Gasteiger partial charge in [0.25, 0.3) is 5.91 Å². The summed E-state index contributed by atoms with van der Waals surface area (Å²) in [6, 6.07) is 8.53. The van der Waals surface area contributed by atoms with Crippen molar-refractivity contribution in [1.82, 2.24) is 20.1 Å². The third-order valence-corrected chi connectivity index (χ3v) is 8.49. The summed E-state index contributed by atoms with van der Waals surface area (Å²) in [5, 5.41) is 5.82. The Labute approximate surface area is 224 Å². The molecule has 7 nitrogen and oxygen atoms in total. The van der Waals surface area contributed by atoms with Gasteiger partial charge in [-0.2, -0.15) is 0 Å². The van der Waals surface area contributed by atoms with Crippen molar-refractivity contribution in [3.05, 3.63) is 63.6 Å². The van der Waals surface area contributed by atoms with E-state index in [1.54, 1.807) is 29.3 Å². The van der Waals surface area contributed by atoms with Crippen LogP contribution in [0.5, 0.6) is 0 Å². The minimum Gasteiger partial charge on any atom is -0.338 e. The van der Waals surface area contributed by atoms with E-state index >= 15 is 0 Å². The van der Waals surface area contributed by atoms with E-state index in [9.17, 15) is 14.4 Å². The first-order chi connectivity index (χ1) is 18.0. The van der Waals surface area contributed by atoms with Gasteiger partial charge in [0.2, 0.25) is 0 Å². The lowest BCUT2D eigenvalue weighted by molar-refractivity contribution is 0.0633. The average Bonchev–Trinajstić information content (AvgIpc) is 3.44. The van der Waals surface area contributed by atoms with Gasteiger partial charge in [-0.25, -0.2) is 9.78 Å². The molecule has 0 bridgehead atoms. The van der Waals surface area contributed by atoms with E-state index < -0.39 is 6.04 Å². The van der Waals surface area contributed by atoms with Crippen molar-refractivity contribution in [3.8, 4) is 0 Å². The number of carbonyl (C=O) groups excluding carboxylic acids is 3. The Hall–Kier alpha value is -3.00. The maximum atomic E-state index is 13.3. The van der Waals surface area contributed by atoms with Gasteiger partial charge in [0.1, 0.15) is 5.69 Å². The number of carbonyl (C=O) groups is 3. The summed E-state index contributed by atoms with van der Waals surface area (Å²) < 4.78 is 0. The molecule has 2 aromatic rings. The smallest absolute Gasteiger partial charge is 0.317 e. The fraction of sp³-hybridized carbons (Fsp3) is 0.517. The van der Waals surface area contributed by atoms with Gasteiger partial charge in [-0.1, -0.05) is 42.0 Å². The first-order valence-electron chi connectivity index (χ1n) is 13.5. The third-order valence-electron chi connectivity index (χ3n) is 7.49. The lowest BCUT2D eigenvalue weighted by Crippen LogP contribution is -2.44. The average molecular weight is 523 g/mol. The molecule has 198 valence electrons. The summed E-state index contributed by atoms with van der Waals surface area (Å²) in [5.41, 5.74) is 2.47. The minimum absolute atomic E-state index is 0.0144. The zero-order valence-electron chi connectivity index (χ0n) is 21.9. The SMILES string of the molecule is CCN(C(=O)c1csc(C2CCN(C(=O)NCCC3=CCCCC3)CC2)n1)C(C)C(=O)c1ccccc1. The topological polar surface area (TPSA) is 82.6 Å². The summed E-state index contributed by atoms with van der Waals surface area (Å²) in [5.74, 6) is -0.0551. The summed E-state index contributed by atoms with van der Waals surface area (Å²) in [4.78, 5) is 46.9. The second-order valence-electron chi connectivity index (χ2n) is 9.92. The molecule has 1 aromatic heterocycles. The number of nitrogens with zero attached hydrogens (tertiary/aromatic N) is 3. The Balaban J connectivity index is 1.28. The number of hydrogen-bond acceptors (Lipinski definition) is 5. The molecular formula is C29H38N4O3S. The molecule has 3 amide bonds. The van der Waals surface area contributed by atoms with E-state index in [4.69, 9.17) is 0 Å². The van der Waals surface area contributed by atoms with Gasteiger partial charge in [0.05, 0.1) is 11.0 Å². The molecule has 0 saturated carbocycles. The van der Waals surface area contributed by atoms with Gasteiger partial charge in [-0.15, -0.1) is 11.3 Å². The molecule has 2 aliphatic rings. The number of thiazole rings is 1. The highest BCUT2D eigenvalue weighted by molar-refractivity contribution is 7.09. The van der Waals surface area contributed by atoms with Gasteiger partial charge in [0, 0.05) is 43.0 Å². The maximum Gasteiger partial charge on any atom is 0.317 e. The molecule has 0 spiro atoms. The van der Waals surface area contributed by atoms with Gasteiger partial charge >= 0.3 is 6.03 Å². The van der Waals surface area contributed by atoms with Crippen molar-refractivity contribution < 1.29 is 14.4 Å². The summed E-state index contributed by atoms with van der Waals surface area (Å²) in [7, 11) is 0. The summed E-state index contributed by atoms with van der Waals surface area (Å²) >= 11 is 1.50. The summed E-state index contributed by atoms with van der Waals surface area (Å²) in [6.45, 7) is 6.15. The predicted octanol–water partition coefficient (Wildman–Crippen LogP) is 5.66. The van der Waals surface area contributed by atoms with Crippen molar-refractivity contribution in [1.29, 1.82) is 0 Å². The number of likely N-dealkylation sites (tertiary alicyclic amines) is 1. The molecule has 4 rings (SSSR count). The van der Waals surface area contributed by atoms with Crippen molar-refractivity contribution in [3.63, 3.8) is 0 Å². The number of aromatic nitrogens is 1. The predicted molar refractivity (Wildman–Crippen MR) is 147 cm³/mol. The number of nitrogens with one attached hydrogen (secondary N) is 1. The standard InChI is InChI=1S/C29H38N4O3S/c1-3-33(21(2)26(34)23-12-8-5-9-13-23)28(35)25-20-37-27(31-25)24-15-18-32(19-16-24)29(36)30-17-14-22-10-6-4-7-11-22/h5,8-10,12-13,20-21,24H,3-4,6-7,11,14-19H2,1-2H3,(H,30,36). The molecule has 1 saturated heterocycles. The van der Waals surface area contributed by atoms with E-state index in [2.05, 4.69) is 16.4 Å². The van der Waals surface area contributed by atoms with Crippen molar-refractivity contribution >= 4 is 29.1 Å². The molecule has 1 N–H and O–H groups in total. The van der Waals surface area contributed by atoms with Crippen LogP contribution in [-0.4, -0.2) is 64.7 Å². The zero-order chi connectivity index (χ0) is 26.2. The van der Waals surface area contributed by atoms with Crippen LogP contribution >= 0.6 is 11.3 Å². The van der Waals surface area contributed by atoms with Gasteiger partial charge in [-0.05, 0) is 58.8 Å². The van der Waals surface area contributed by atoms with E-state index in [0.717, 1.165) is 30.7 Å². The Bertz CT molecular complexity index is 1110. The molecule has 1 aliphatic carbocycles. The lowest BCUT2D eigenvalue weighted by Gasteiger charge is -2.31. The molecule has 0 radical (unpaired) electrons. The molecule has 2 heterocycles. The fourth-order valence-electron chi connectivity index (χ4n) is 5.20. The normalized spacial score (nSPS) is 17.1. The van der Waals surface area contributed by atoms with E-state index in [0.29, 0.717) is 37.4 Å². The number of ketones is 1. The van der Waals surface area contributed by atoms with Gasteiger partial charge in [0.15, 0.2) is 5.78 Å². The molecule has 1 atom stereocenters. The van der Waals surface area contributed by atoms with E-state index in [1.165, 1.54) is 36.2 Å². The Morgan fingerprint density at radius 1 is 1.16 bits per heavy atom. The van der Waals surface area contributed by atoms with Crippen molar-refractivity contribution in [2.75, 3.05) is 26.2 Å². The summed E-state index contributed by atoms with van der Waals surface area (Å²) in [6.07, 6.45) is 9.82. The Morgan fingerprint density at radius 2 is 1.92 bits per heavy atom. The Kier molecular flexibility index (Phi) is 9.50. The highest BCUT2D eigenvalue weighted by atomic mass is 32.1. The number of allylic oxidation sites excluding steroid dienone is 1. The zero-order valence-corrected chi connectivity index (χ0v) is 22.8. The third kappa shape index (κ3) is 6.86. The number of amides is 3. The van der Waals surface area contributed by atoms with Crippen LogP contribution in [0.2, 0.25) is 0 Å². The molecule has 1 unspecified atom stereocenters. The van der Waals surface area contributed by atoms with Crippen LogP contribution in [0.4, 0.5) is 4.79 Å². The second-order valence-corrected chi connectivity index (χ2v) is 10.8. The van der Waals surface area contributed by atoms with Crippen molar-refractivity contribution in [2.45, 2.75) is 70.8 Å². The maximum absolute atomic E-state index is 13.3. The molecule has 1 aliphatic heterocycles. The second kappa shape index (κ2) is 13.0. The van der Waals surface area contributed by atoms with Crippen LogP contribution in [0.25, 0.3) is 0 Å². The van der Waals surface area contributed by atoms with Crippen LogP contribution in [-0.2, 0) is 0 Å². The number of piperidine rings is 1. The van der Waals surface area contributed by atoms with Crippen LogP contribution in [0.1, 0.15) is 90.6 Å². The quantitative estimate of drug-likeness (QED) is 0.340. The molecule has 8 heteroatoms. The number of benzene rings is 1. The van der Waals surface area contributed by atoms with Crippen molar-refractivity contribution in [2.24, 2.45) is 0 Å². The highest BCUT2D eigenvalue weighted by Crippen LogP contribution is 2.31. The van der Waals surface area contributed by atoms with E-state index in [-0.39, 0.29) is 23.6 Å². The van der Waals surface area contributed by atoms with Crippen LogP contribution in [0.3, 0.4) is 0 Å². The fourth-order valence-corrected chi connectivity index (χ4v) is 6.17. The van der Waals surface area contributed by atoms with Gasteiger partial charge < -0.3 is 15.1 Å². The number of Topliss-reactive ketones (excluding diaryl/α,β-unsaturated/α-hetero) is 1. The van der Waals surface area contributed by atoms with Crippen LogP contribution in [0, 0.1) is 0 Å². The van der Waals surface area contributed by atoms with Gasteiger partial charge in [-0.3, -0.25) is 9.59 Å². The number of hydrogen-bond donors (Lipinski definition) is 1.